The van der Waals surface area contributed by atoms with Crippen molar-refractivity contribution < 1.29 is 9.21 Å². The van der Waals surface area contributed by atoms with E-state index in [2.05, 4.69) is 15.5 Å². The van der Waals surface area contributed by atoms with Gasteiger partial charge in [-0.15, -0.1) is 10.2 Å². The largest absolute Gasteiger partial charge is 0.415 e. The van der Waals surface area contributed by atoms with Crippen molar-refractivity contribution in [2.75, 3.05) is 11.6 Å². The average Bonchev–Trinajstić information content (AvgIpc) is 2.95. The molecular formula is C14H14N4O2S2. The first kappa shape index (κ1) is 16.4. The predicted octanol–water partition coefficient (Wildman–Crippen LogP) is 2.92. The second-order valence-electron chi connectivity index (χ2n) is 4.30. The number of carbonyl (C=O) groups is 1. The Balaban J connectivity index is 1.98. The molecule has 0 saturated carbocycles. The fourth-order valence-corrected chi connectivity index (χ4v) is 2.66. The zero-order chi connectivity index (χ0) is 15.9. The third-order valence-corrected chi connectivity index (χ3v) is 4.14. The van der Waals surface area contributed by atoms with Crippen LogP contribution in [0.1, 0.15) is 18.4 Å². The number of carbonyl (C=O) groups excluding carboxylic acids is 1. The smallest absolute Gasteiger partial charge is 0.277 e. The van der Waals surface area contributed by atoms with Crippen LogP contribution < -0.4 is 5.32 Å². The highest BCUT2D eigenvalue weighted by molar-refractivity contribution is 8.00. The van der Waals surface area contributed by atoms with Crippen molar-refractivity contribution in [3.63, 3.8) is 0 Å². The summed E-state index contributed by atoms with van der Waals surface area (Å²) in [6.07, 6.45) is 1.94. The van der Waals surface area contributed by atoms with Crippen LogP contribution in [0.4, 0.5) is 5.69 Å². The standard InChI is InChI=1S/C14H14N4O2S2/c1-9(22-14-18-17-12(20-14)8-21-2)13(19)16-11-6-4-3-5-10(11)7-15/h3-6,9H,8H2,1-2H3,(H,16,19). The lowest BCUT2D eigenvalue weighted by molar-refractivity contribution is -0.115. The molecule has 114 valence electrons. The van der Waals surface area contributed by atoms with Crippen molar-refractivity contribution in [2.24, 2.45) is 0 Å². The Morgan fingerprint density at radius 1 is 1.45 bits per heavy atom. The Kier molecular flexibility index (Phi) is 5.86. The normalized spacial score (nSPS) is 11.7. The molecule has 0 spiro atoms. The monoisotopic (exact) mass is 334 g/mol. The molecule has 1 N–H and O–H groups in total. The predicted molar refractivity (Wildman–Crippen MR) is 86.6 cm³/mol. The Bertz CT molecular complexity index is 696. The first-order valence-corrected chi connectivity index (χ1v) is 8.69. The molecule has 0 fully saturated rings. The van der Waals surface area contributed by atoms with E-state index in [9.17, 15) is 4.79 Å². The maximum Gasteiger partial charge on any atom is 0.277 e. The number of amides is 1. The summed E-state index contributed by atoms with van der Waals surface area (Å²) >= 11 is 2.77. The van der Waals surface area contributed by atoms with Crippen LogP contribution in [0.15, 0.2) is 33.9 Å². The molecule has 2 rings (SSSR count). The molecular weight excluding hydrogens is 320 g/mol. The van der Waals surface area contributed by atoms with E-state index >= 15 is 0 Å². The van der Waals surface area contributed by atoms with Crippen LogP contribution in [0, 0.1) is 11.3 Å². The number of nitrogens with one attached hydrogen (secondary N) is 1. The zero-order valence-electron chi connectivity index (χ0n) is 12.1. The lowest BCUT2D eigenvalue weighted by Crippen LogP contribution is -2.22. The van der Waals surface area contributed by atoms with E-state index in [-0.39, 0.29) is 5.91 Å². The van der Waals surface area contributed by atoms with E-state index in [4.69, 9.17) is 9.68 Å². The second kappa shape index (κ2) is 7.87. The molecule has 0 radical (unpaired) electrons. The van der Waals surface area contributed by atoms with Crippen LogP contribution >= 0.6 is 23.5 Å². The second-order valence-corrected chi connectivity index (χ2v) is 6.46. The minimum Gasteiger partial charge on any atom is -0.415 e. The van der Waals surface area contributed by atoms with E-state index in [1.54, 1.807) is 43.0 Å². The van der Waals surface area contributed by atoms with Crippen LogP contribution in [0.5, 0.6) is 0 Å². The Hall–Kier alpha value is -1.98. The molecule has 2 aromatic rings. The maximum atomic E-state index is 12.2. The average molecular weight is 334 g/mol. The summed E-state index contributed by atoms with van der Waals surface area (Å²) in [6, 6.07) is 8.90. The Morgan fingerprint density at radius 2 is 2.23 bits per heavy atom. The van der Waals surface area contributed by atoms with Gasteiger partial charge in [0.15, 0.2) is 0 Å². The summed E-state index contributed by atoms with van der Waals surface area (Å²) in [5.41, 5.74) is 0.921. The van der Waals surface area contributed by atoms with Crippen LogP contribution in [0.25, 0.3) is 0 Å². The summed E-state index contributed by atoms with van der Waals surface area (Å²) in [6.45, 7) is 1.74. The van der Waals surface area contributed by atoms with E-state index in [1.807, 2.05) is 12.3 Å². The SMILES string of the molecule is CSCc1nnc(SC(C)C(=O)Nc2ccccc2C#N)o1. The molecule has 6 nitrogen and oxygen atoms in total. The summed E-state index contributed by atoms with van der Waals surface area (Å²) in [5, 5.41) is 19.5. The molecule has 1 heterocycles. The molecule has 1 aromatic carbocycles. The van der Waals surface area contributed by atoms with Crippen molar-refractivity contribution in [2.45, 2.75) is 23.1 Å². The van der Waals surface area contributed by atoms with Gasteiger partial charge in [0.2, 0.25) is 11.8 Å². The van der Waals surface area contributed by atoms with Crippen LogP contribution in [0.3, 0.4) is 0 Å². The van der Waals surface area contributed by atoms with Gasteiger partial charge in [0.25, 0.3) is 5.22 Å². The number of hydrogen-bond acceptors (Lipinski definition) is 7. The molecule has 0 bridgehead atoms. The molecule has 1 aromatic heterocycles. The van der Waals surface area contributed by atoms with E-state index in [1.165, 1.54) is 11.8 Å². The van der Waals surface area contributed by atoms with Gasteiger partial charge < -0.3 is 9.73 Å². The highest BCUT2D eigenvalue weighted by Gasteiger charge is 2.19. The molecule has 1 amide bonds. The molecule has 1 atom stereocenters. The Morgan fingerprint density at radius 3 is 2.95 bits per heavy atom. The number of nitriles is 1. The summed E-state index contributed by atoms with van der Waals surface area (Å²) in [7, 11) is 0. The van der Waals surface area contributed by atoms with Gasteiger partial charge in [-0.25, -0.2) is 0 Å². The quantitative estimate of drug-likeness (QED) is 0.812. The van der Waals surface area contributed by atoms with Crippen molar-refractivity contribution in [3.05, 3.63) is 35.7 Å². The number of para-hydroxylation sites is 1. The molecule has 0 aliphatic carbocycles. The van der Waals surface area contributed by atoms with E-state index < -0.39 is 5.25 Å². The highest BCUT2D eigenvalue weighted by atomic mass is 32.2. The molecule has 1 unspecified atom stereocenters. The van der Waals surface area contributed by atoms with Gasteiger partial charge in [0.05, 0.1) is 22.3 Å². The van der Waals surface area contributed by atoms with Gasteiger partial charge >= 0.3 is 0 Å². The van der Waals surface area contributed by atoms with Crippen molar-refractivity contribution in [1.82, 2.24) is 10.2 Å². The Labute approximate surface area is 136 Å². The fraction of sp³-hybridized carbons (Fsp3) is 0.286. The number of rotatable bonds is 6. The minimum absolute atomic E-state index is 0.225. The van der Waals surface area contributed by atoms with Gasteiger partial charge in [0, 0.05) is 0 Å². The number of hydrogen-bond donors (Lipinski definition) is 1. The minimum atomic E-state index is -0.422. The lowest BCUT2D eigenvalue weighted by atomic mass is 10.2. The lowest BCUT2D eigenvalue weighted by Gasteiger charge is -2.10. The van der Waals surface area contributed by atoms with E-state index in [0.717, 1.165) is 0 Å². The third kappa shape index (κ3) is 4.26. The maximum absolute atomic E-state index is 12.2. The summed E-state index contributed by atoms with van der Waals surface area (Å²) in [5.74, 6) is 0.957. The first-order valence-electron chi connectivity index (χ1n) is 6.42. The molecule has 0 aliphatic rings. The van der Waals surface area contributed by atoms with Crippen LogP contribution in [-0.4, -0.2) is 27.6 Å². The number of thioether (sulfide) groups is 2. The van der Waals surface area contributed by atoms with Gasteiger partial charge in [-0.05, 0) is 25.3 Å². The molecule has 0 saturated heterocycles. The van der Waals surface area contributed by atoms with Crippen molar-refractivity contribution in [1.29, 1.82) is 5.26 Å². The topological polar surface area (TPSA) is 91.8 Å². The number of nitrogens with zero attached hydrogens (tertiary/aromatic N) is 3. The third-order valence-electron chi connectivity index (χ3n) is 2.67. The summed E-state index contributed by atoms with van der Waals surface area (Å²) in [4.78, 5) is 12.2. The van der Waals surface area contributed by atoms with Gasteiger partial charge in [-0.3, -0.25) is 4.79 Å². The van der Waals surface area contributed by atoms with Crippen molar-refractivity contribution in [3.8, 4) is 6.07 Å². The fourth-order valence-electron chi connectivity index (χ4n) is 1.60. The van der Waals surface area contributed by atoms with E-state index in [0.29, 0.717) is 28.1 Å². The van der Waals surface area contributed by atoms with Gasteiger partial charge in [0.1, 0.15) is 6.07 Å². The van der Waals surface area contributed by atoms with Crippen LogP contribution in [-0.2, 0) is 10.5 Å². The summed E-state index contributed by atoms with van der Waals surface area (Å²) < 4.78 is 5.43. The number of benzene rings is 1. The molecule has 0 aliphatic heterocycles. The molecule has 8 heteroatoms. The highest BCUT2D eigenvalue weighted by Crippen LogP contribution is 2.24. The number of aromatic nitrogens is 2. The number of anilines is 1. The van der Waals surface area contributed by atoms with Gasteiger partial charge in [-0.2, -0.15) is 17.0 Å². The first-order chi connectivity index (χ1) is 10.6. The van der Waals surface area contributed by atoms with Crippen LogP contribution in [0.2, 0.25) is 0 Å². The zero-order valence-corrected chi connectivity index (χ0v) is 13.7. The molecule has 22 heavy (non-hydrogen) atoms. The van der Waals surface area contributed by atoms with Crippen molar-refractivity contribution >= 4 is 35.1 Å². The van der Waals surface area contributed by atoms with Gasteiger partial charge in [-0.1, -0.05) is 23.9 Å².